The highest BCUT2D eigenvalue weighted by molar-refractivity contribution is 8.03. The predicted molar refractivity (Wildman–Crippen MR) is 79.0 cm³/mol. The second-order valence-corrected chi connectivity index (χ2v) is 8.26. The smallest absolute Gasteiger partial charge is 0.228 e. The fourth-order valence-corrected chi connectivity index (χ4v) is 5.05. The van der Waals surface area contributed by atoms with Crippen LogP contribution in [-0.2, 0) is 31.6 Å². The van der Waals surface area contributed by atoms with Crippen LogP contribution in [0, 0.1) is 5.82 Å². The molecule has 1 aromatic heterocycles. The first-order chi connectivity index (χ1) is 10.3. The van der Waals surface area contributed by atoms with Gasteiger partial charge in [-0.1, -0.05) is 24.3 Å². The summed E-state index contributed by atoms with van der Waals surface area (Å²) in [6.45, 7) is 0. The molecule has 0 unspecified atom stereocenters. The van der Waals surface area contributed by atoms with Gasteiger partial charge in [0.05, 0.1) is 11.5 Å². The van der Waals surface area contributed by atoms with Crippen molar-refractivity contribution in [2.24, 2.45) is 0 Å². The van der Waals surface area contributed by atoms with Gasteiger partial charge in [-0.2, -0.15) is 0 Å². The van der Waals surface area contributed by atoms with Gasteiger partial charge in [0.25, 0.3) is 0 Å². The fraction of sp³-hybridized carbons (Fsp3) is 0.154. The lowest BCUT2D eigenvalue weighted by Crippen LogP contribution is -2.32. The molecule has 0 aliphatic rings. The summed E-state index contributed by atoms with van der Waals surface area (Å²) in [4.78, 5) is 3.75. The zero-order valence-electron chi connectivity index (χ0n) is 11.3. The number of nitrogens with zero attached hydrogens (tertiary/aromatic N) is 1. The summed E-state index contributed by atoms with van der Waals surface area (Å²) in [5.41, 5.74) is 0.239. The Hall–Kier alpha value is -1.84. The number of sulfonamides is 2. The topological polar surface area (TPSA) is 93.2 Å². The van der Waals surface area contributed by atoms with Gasteiger partial charge in [0.15, 0.2) is 0 Å². The average Bonchev–Trinajstić information content (AvgIpc) is 2.40. The predicted octanol–water partition coefficient (Wildman–Crippen LogP) is 1.17. The molecule has 0 saturated carbocycles. The molecule has 0 fully saturated rings. The minimum atomic E-state index is -4.23. The first-order valence-corrected chi connectivity index (χ1v) is 9.44. The highest BCUT2D eigenvalue weighted by Gasteiger charge is 2.22. The first kappa shape index (κ1) is 16.5. The van der Waals surface area contributed by atoms with Gasteiger partial charge >= 0.3 is 0 Å². The summed E-state index contributed by atoms with van der Waals surface area (Å²) in [6, 6.07) is 8.32. The van der Waals surface area contributed by atoms with Crippen LogP contribution < -0.4 is 4.13 Å². The van der Waals surface area contributed by atoms with E-state index in [-0.39, 0.29) is 5.56 Å². The third-order valence-corrected chi connectivity index (χ3v) is 6.07. The summed E-state index contributed by atoms with van der Waals surface area (Å²) < 4.78 is 62.6. The molecule has 0 amide bonds. The molecule has 0 radical (unpaired) electrons. The third-order valence-electron chi connectivity index (χ3n) is 2.64. The fourth-order valence-electron chi connectivity index (χ4n) is 1.78. The zero-order valence-corrected chi connectivity index (χ0v) is 12.9. The number of rotatable bonds is 6. The van der Waals surface area contributed by atoms with E-state index < -0.39 is 37.4 Å². The SMILES string of the molecule is O=S(=O)(Cc1cccnc1)NS(=O)(=O)Cc1ccccc1F. The summed E-state index contributed by atoms with van der Waals surface area (Å²) in [7, 11) is -8.36. The number of aromatic nitrogens is 1. The van der Waals surface area contributed by atoms with E-state index in [0.29, 0.717) is 5.56 Å². The Bertz CT molecular complexity index is 853. The van der Waals surface area contributed by atoms with Crippen molar-refractivity contribution < 1.29 is 21.2 Å². The van der Waals surface area contributed by atoms with Gasteiger partial charge in [-0.3, -0.25) is 4.98 Å². The van der Waals surface area contributed by atoms with Crippen molar-refractivity contribution >= 4 is 20.0 Å². The van der Waals surface area contributed by atoms with Crippen molar-refractivity contribution in [3.05, 3.63) is 65.7 Å². The maximum absolute atomic E-state index is 13.4. The molecular weight excluding hydrogens is 331 g/mol. The second kappa shape index (κ2) is 6.51. The molecule has 2 aromatic rings. The molecule has 0 aliphatic heterocycles. The zero-order chi connectivity index (χ0) is 16.2. The lowest BCUT2D eigenvalue weighted by molar-refractivity contribution is 0.572. The van der Waals surface area contributed by atoms with Crippen molar-refractivity contribution in [1.82, 2.24) is 9.11 Å². The van der Waals surface area contributed by atoms with Crippen LogP contribution in [0.15, 0.2) is 48.8 Å². The van der Waals surface area contributed by atoms with Crippen LogP contribution >= 0.6 is 0 Å². The van der Waals surface area contributed by atoms with Crippen LogP contribution in [0.4, 0.5) is 4.39 Å². The Labute approximate surface area is 128 Å². The number of benzene rings is 1. The highest BCUT2D eigenvalue weighted by Crippen LogP contribution is 2.11. The molecule has 1 heterocycles. The molecule has 2 rings (SSSR count). The maximum atomic E-state index is 13.4. The van der Waals surface area contributed by atoms with E-state index in [1.165, 1.54) is 36.7 Å². The van der Waals surface area contributed by atoms with E-state index in [9.17, 15) is 21.2 Å². The molecule has 0 atom stereocenters. The normalized spacial score (nSPS) is 12.2. The molecule has 9 heteroatoms. The van der Waals surface area contributed by atoms with Crippen LogP contribution in [0.5, 0.6) is 0 Å². The second-order valence-electron chi connectivity index (χ2n) is 4.55. The van der Waals surface area contributed by atoms with Gasteiger partial charge in [-0.15, -0.1) is 4.13 Å². The quantitative estimate of drug-likeness (QED) is 0.849. The number of halogens is 1. The number of hydrogen-bond acceptors (Lipinski definition) is 5. The third kappa shape index (κ3) is 4.86. The van der Waals surface area contributed by atoms with Gasteiger partial charge in [-0.25, -0.2) is 21.2 Å². The molecule has 6 nitrogen and oxygen atoms in total. The minimum absolute atomic E-state index is 0.105. The first-order valence-electron chi connectivity index (χ1n) is 6.14. The maximum Gasteiger partial charge on any atom is 0.228 e. The Morgan fingerprint density at radius 1 is 0.955 bits per heavy atom. The minimum Gasteiger partial charge on any atom is -0.264 e. The van der Waals surface area contributed by atoms with Crippen LogP contribution in [0.3, 0.4) is 0 Å². The van der Waals surface area contributed by atoms with E-state index in [2.05, 4.69) is 4.98 Å². The molecule has 118 valence electrons. The molecule has 0 bridgehead atoms. The van der Waals surface area contributed by atoms with Gasteiger partial charge in [0.2, 0.25) is 20.0 Å². The van der Waals surface area contributed by atoms with Gasteiger partial charge < -0.3 is 0 Å². The number of pyridine rings is 1. The van der Waals surface area contributed by atoms with Crippen molar-refractivity contribution in [2.45, 2.75) is 11.5 Å². The average molecular weight is 344 g/mol. The van der Waals surface area contributed by atoms with Crippen molar-refractivity contribution in [1.29, 1.82) is 0 Å². The summed E-state index contributed by atoms with van der Waals surface area (Å²) in [5.74, 6) is -2.00. The van der Waals surface area contributed by atoms with Crippen LogP contribution in [0.25, 0.3) is 0 Å². The number of hydrogen-bond donors (Lipinski definition) is 1. The van der Waals surface area contributed by atoms with E-state index in [1.807, 2.05) is 0 Å². The lowest BCUT2D eigenvalue weighted by Gasteiger charge is -2.08. The van der Waals surface area contributed by atoms with E-state index in [4.69, 9.17) is 0 Å². The molecule has 1 aromatic carbocycles. The molecular formula is C13H13FN2O4S2. The lowest BCUT2D eigenvalue weighted by atomic mass is 10.2. The monoisotopic (exact) mass is 344 g/mol. The summed E-state index contributed by atoms with van der Waals surface area (Å²) in [6.07, 6.45) is 2.79. The molecule has 1 N–H and O–H groups in total. The van der Waals surface area contributed by atoms with Crippen molar-refractivity contribution in [3.8, 4) is 0 Å². The molecule has 0 saturated heterocycles. The highest BCUT2D eigenvalue weighted by atomic mass is 32.3. The van der Waals surface area contributed by atoms with Crippen LogP contribution in [-0.4, -0.2) is 21.8 Å². The van der Waals surface area contributed by atoms with Gasteiger partial charge in [-0.05, 0) is 17.7 Å². The van der Waals surface area contributed by atoms with E-state index in [1.54, 1.807) is 10.2 Å². The molecule has 22 heavy (non-hydrogen) atoms. The largest absolute Gasteiger partial charge is 0.264 e. The molecule has 0 spiro atoms. The Morgan fingerprint density at radius 2 is 1.64 bits per heavy atom. The Kier molecular flexibility index (Phi) is 4.89. The van der Waals surface area contributed by atoms with Crippen molar-refractivity contribution in [2.75, 3.05) is 0 Å². The summed E-state index contributed by atoms with van der Waals surface area (Å²) >= 11 is 0. The molecule has 0 aliphatic carbocycles. The van der Waals surface area contributed by atoms with Gasteiger partial charge in [0, 0.05) is 18.0 Å². The summed E-state index contributed by atoms with van der Waals surface area (Å²) in [5, 5.41) is 0. The van der Waals surface area contributed by atoms with Crippen LogP contribution in [0.2, 0.25) is 0 Å². The standard InChI is InChI=1S/C13H13FN2O4S2/c14-13-6-2-1-5-12(13)10-22(19,20)16-21(17,18)9-11-4-3-7-15-8-11/h1-8,16H,9-10H2. The van der Waals surface area contributed by atoms with Gasteiger partial charge in [0.1, 0.15) is 5.82 Å². The van der Waals surface area contributed by atoms with E-state index >= 15 is 0 Å². The Morgan fingerprint density at radius 3 is 2.27 bits per heavy atom. The number of nitrogens with one attached hydrogen (secondary N) is 1. The van der Waals surface area contributed by atoms with E-state index in [0.717, 1.165) is 6.07 Å². The Balaban J connectivity index is 2.13. The van der Waals surface area contributed by atoms with Crippen LogP contribution in [0.1, 0.15) is 11.1 Å². The van der Waals surface area contributed by atoms with Crippen molar-refractivity contribution in [3.63, 3.8) is 0 Å².